The molecule has 3 aromatic heterocycles. The summed E-state index contributed by atoms with van der Waals surface area (Å²) >= 11 is 0. The largest absolute Gasteiger partial charge is 0.323 e. The van der Waals surface area contributed by atoms with E-state index in [9.17, 15) is 14.0 Å². The van der Waals surface area contributed by atoms with Gasteiger partial charge in [0.2, 0.25) is 0 Å². The molecule has 0 spiro atoms. The van der Waals surface area contributed by atoms with E-state index < -0.39 is 11.7 Å². The van der Waals surface area contributed by atoms with Gasteiger partial charge in [0.1, 0.15) is 17.1 Å². The quantitative estimate of drug-likeness (QED) is 0.430. The van der Waals surface area contributed by atoms with Crippen molar-refractivity contribution in [2.24, 2.45) is 0 Å². The third kappa shape index (κ3) is 2.98. The van der Waals surface area contributed by atoms with Crippen molar-refractivity contribution in [3.05, 3.63) is 95.1 Å². The molecular formula is C21H15FN6O2. The van der Waals surface area contributed by atoms with Crippen LogP contribution in [0.1, 0.15) is 10.4 Å². The van der Waals surface area contributed by atoms with Crippen molar-refractivity contribution in [1.29, 1.82) is 0 Å². The molecule has 1 amide bonds. The molecule has 0 unspecified atom stereocenters. The Morgan fingerprint density at radius 2 is 1.77 bits per heavy atom. The summed E-state index contributed by atoms with van der Waals surface area (Å²) in [5, 5.41) is 7.07. The van der Waals surface area contributed by atoms with Crippen molar-refractivity contribution < 1.29 is 9.18 Å². The van der Waals surface area contributed by atoms with Gasteiger partial charge in [0.05, 0.1) is 17.2 Å². The number of para-hydroxylation sites is 1. The Hall–Kier alpha value is -4.40. The van der Waals surface area contributed by atoms with Gasteiger partial charge in [-0.15, -0.1) is 0 Å². The zero-order chi connectivity index (χ0) is 20.7. The van der Waals surface area contributed by atoms with Gasteiger partial charge < -0.3 is 19.9 Å². The number of hydrogen-bond acceptors (Lipinski definition) is 3. The van der Waals surface area contributed by atoms with E-state index in [4.69, 9.17) is 0 Å². The summed E-state index contributed by atoms with van der Waals surface area (Å²) in [6, 6.07) is 14.9. The maximum absolute atomic E-state index is 14.4. The first-order valence-corrected chi connectivity index (χ1v) is 9.10. The predicted molar refractivity (Wildman–Crippen MR) is 110 cm³/mol. The standard InChI is InChI=1S/C21H15FN6O2/c22-15-5-1-2-6-18(15)28-20(27-9-3-4-10-27)14(12-23-28)19(29)24-13-7-8-16-17(11-13)26-21(30)25-16/h1-12H,(H,24,29)(H2,25,26,30). The number of fused-ring (bicyclic) bond motifs is 1. The number of aromatic amines is 2. The van der Waals surface area contributed by atoms with Crippen LogP contribution in [0.15, 0.2) is 78.0 Å². The van der Waals surface area contributed by atoms with Crippen LogP contribution in [0.2, 0.25) is 0 Å². The lowest BCUT2D eigenvalue weighted by atomic mass is 10.2. The Bertz CT molecular complexity index is 1430. The van der Waals surface area contributed by atoms with Gasteiger partial charge in [0, 0.05) is 18.1 Å². The van der Waals surface area contributed by atoms with Gasteiger partial charge in [-0.25, -0.2) is 13.9 Å². The maximum atomic E-state index is 14.4. The molecule has 0 aliphatic carbocycles. The highest BCUT2D eigenvalue weighted by atomic mass is 19.1. The third-order valence-electron chi connectivity index (χ3n) is 4.69. The highest BCUT2D eigenvalue weighted by molar-refractivity contribution is 6.07. The SMILES string of the molecule is O=C(Nc1ccc2[nH]c(=O)[nH]c2c1)c1cnn(-c2ccccc2F)c1-n1cccc1. The molecule has 0 bridgehead atoms. The lowest BCUT2D eigenvalue weighted by Gasteiger charge is -2.12. The molecule has 148 valence electrons. The van der Waals surface area contributed by atoms with Crippen LogP contribution in [-0.2, 0) is 0 Å². The molecule has 0 radical (unpaired) electrons. The van der Waals surface area contributed by atoms with Gasteiger partial charge in [0.25, 0.3) is 5.91 Å². The van der Waals surface area contributed by atoms with E-state index >= 15 is 0 Å². The van der Waals surface area contributed by atoms with Gasteiger partial charge >= 0.3 is 5.69 Å². The van der Waals surface area contributed by atoms with Crippen LogP contribution in [-0.4, -0.2) is 30.2 Å². The number of carbonyl (C=O) groups is 1. The van der Waals surface area contributed by atoms with Gasteiger partial charge in [0.15, 0.2) is 5.82 Å². The fraction of sp³-hybridized carbons (Fsp3) is 0. The van der Waals surface area contributed by atoms with Crippen molar-refractivity contribution in [3.8, 4) is 11.5 Å². The molecule has 3 N–H and O–H groups in total. The van der Waals surface area contributed by atoms with Gasteiger partial charge in [-0.3, -0.25) is 4.79 Å². The molecule has 9 heteroatoms. The van der Waals surface area contributed by atoms with Gasteiger partial charge in [-0.1, -0.05) is 12.1 Å². The second kappa shape index (κ2) is 6.89. The molecule has 5 rings (SSSR count). The Morgan fingerprint density at radius 3 is 2.57 bits per heavy atom. The van der Waals surface area contributed by atoms with Crippen LogP contribution in [0.25, 0.3) is 22.5 Å². The topological polar surface area (TPSA) is 100 Å². The van der Waals surface area contributed by atoms with Crippen molar-refractivity contribution in [2.75, 3.05) is 5.32 Å². The number of anilines is 1. The number of hydrogen-bond donors (Lipinski definition) is 3. The number of nitrogens with zero attached hydrogens (tertiary/aromatic N) is 3. The van der Waals surface area contributed by atoms with Crippen LogP contribution in [0.4, 0.5) is 10.1 Å². The number of amides is 1. The summed E-state index contributed by atoms with van der Waals surface area (Å²) in [4.78, 5) is 29.8. The normalized spacial score (nSPS) is 11.1. The number of carbonyl (C=O) groups excluding carboxylic acids is 1. The van der Waals surface area contributed by atoms with Gasteiger partial charge in [-0.2, -0.15) is 5.10 Å². The van der Waals surface area contributed by atoms with Crippen LogP contribution in [0.3, 0.4) is 0 Å². The summed E-state index contributed by atoms with van der Waals surface area (Å²) in [7, 11) is 0. The van der Waals surface area contributed by atoms with E-state index in [0.717, 1.165) is 0 Å². The minimum Gasteiger partial charge on any atom is -0.322 e. The number of halogens is 1. The molecule has 0 aliphatic rings. The van der Waals surface area contributed by atoms with E-state index in [1.54, 1.807) is 65.5 Å². The summed E-state index contributed by atoms with van der Waals surface area (Å²) in [5.74, 6) is -0.472. The van der Waals surface area contributed by atoms with E-state index in [1.165, 1.54) is 16.9 Å². The molecule has 3 heterocycles. The Labute approximate surface area is 168 Å². The number of H-pyrrole nitrogens is 2. The zero-order valence-corrected chi connectivity index (χ0v) is 15.5. The first kappa shape index (κ1) is 17.7. The minimum absolute atomic E-state index is 0.228. The third-order valence-corrected chi connectivity index (χ3v) is 4.69. The lowest BCUT2D eigenvalue weighted by Crippen LogP contribution is -2.15. The number of benzene rings is 2. The highest BCUT2D eigenvalue weighted by Crippen LogP contribution is 2.23. The van der Waals surface area contributed by atoms with E-state index in [0.29, 0.717) is 22.5 Å². The Morgan fingerprint density at radius 1 is 1.00 bits per heavy atom. The van der Waals surface area contributed by atoms with Crippen molar-refractivity contribution in [2.45, 2.75) is 0 Å². The molecule has 8 nitrogen and oxygen atoms in total. The fourth-order valence-electron chi connectivity index (χ4n) is 3.33. The first-order valence-electron chi connectivity index (χ1n) is 9.10. The number of rotatable bonds is 4. The first-order chi connectivity index (χ1) is 14.6. The van der Waals surface area contributed by atoms with Crippen LogP contribution < -0.4 is 11.0 Å². The smallest absolute Gasteiger partial charge is 0.322 e. The highest BCUT2D eigenvalue weighted by Gasteiger charge is 2.21. The van der Waals surface area contributed by atoms with Crippen molar-refractivity contribution in [1.82, 2.24) is 24.3 Å². The molecule has 0 saturated heterocycles. The van der Waals surface area contributed by atoms with Gasteiger partial charge in [-0.05, 0) is 42.5 Å². The molecular weight excluding hydrogens is 387 g/mol. The van der Waals surface area contributed by atoms with E-state index in [1.807, 2.05) is 0 Å². The maximum Gasteiger partial charge on any atom is 0.323 e. The molecule has 0 saturated carbocycles. The van der Waals surface area contributed by atoms with Crippen LogP contribution in [0, 0.1) is 5.82 Å². The second-order valence-electron chi connectivity index (χ2n) is 6.63. The van der Waals surface area contributed by atoms with Crippen LogP contribution in [0.5, 0.6) is 0 Å². The molecule has 2 aromatic carbocycles. The summed E-state index contributed by atoms with van der Waals surface area (Å²) in [5.41, 5.74) is 1.88. The molecule has 0 fully saturated rings. The average molecular weight is 402 g/mol. The average Bonchev–Trinajstić information content (AvgIpc) is 3.46. The Balaban J connectivity index is 1.57. The van der Waals surface area contributed by atoms with Crippen LogP contribution >= 0.6 is 0 Å². The molecule has 30 heavy (non-hydrogen) atoms. The van der Waals surface area contributed by atoms with Crippen molar-refractivity contribution >= 4 is 22.6 Å². The number of imidazole rings is 1. The lowest BCUT2D eigenvalue weighted by molar-refractivity contribution is 0.102. The molecule has 5 aromatic rings. The number of nitrogens with one attached hydrogen (secondary N) is 3. The zero-order valence-electron chi connectivity index (χ0n) is 15.5. The molecule has 0 atom stereocenters. The summed E-state index contributed by atoms with van der Waals surface area (Å²) in [6.45, 7) is 0. The number of aromatic nitrogens is 5. The van der Waals surface area contributed by atoms with E-state index in [-0.39, 0.29) is 16.9 Å². The summed E-state index contributed by atoms with van der Waals surface area (Å²) < 4.78 is 17.5. The summed E-state index contributed by atoms with van der Waals surface area (Å²) in [6.07, 6.45) is 4.90. The fourth-order valence-corrected chi connectivity index (χ4v) is 3.33. The van der Waals surface area contributed by atoms with E-state index in [2.05, 4.69) is 20.4 Å². The van der Waals surface area contributed by atoms with Crippen molar-refractivity contribution in [3.63, 3.8) is 0 Å². The monoisotopic (exact) mass is 402 g/mol. The second-order valence-corrected chi connectivity index (χ2v) is 6.63. The predicted octanol–water partition coefficient (Wildman–Crippen LogP) is 3.22. The Kier molecular flexibility index (Phi) is 4.06. The molecule has 0 aliphatic heterocycles. The minimum atomic E-state index is -0.456.